The van der Waals surface area contributed by atoms with Gasteiger partial charge in [-0.1, -0.05) is 26.0 Å². The van der Waals surface area contributed by atoms with Crippen molar-refractivity contribution in [3.8, 4) is 5.75 Å². The maximum absolute atomic E-state index is 11.3. The van der Waals surface area contributed by atoms with Crippen LogP contribution in [0.2, 0.25) is 0 Å². The van der Waals surface area contributed by atoms with Gasteiger partial charge in [0.1, 0.15) is 11.8 Å². The van der Waals surface area contributed by atoms with Crippen molar-refractivity contribution in [1.82, 2.24) is 4.90 Å². The van der Waals surface area contributed by atoms with Crippen molar-refractivity contribution >= 4 is 5.97 Å². The average Bonchev–Trinajstić information content (AvgIpc) is 2.40. The summed E-state index contributed by atoms with van der Waals surface area (Å²) >= 11 is 0. The lowest BCUT2D eigenvalue weighted by molar-refractivity contribution is -0.143. The maximum atomic E-state index is 11.3. The molecule has 1 rings (SSSR count). The summed E-state index contributed by atoms with van der Waals surface area (Å²) in [5, 5.41) is 9.26. The standard InChI is InChI=1S/C15H23NO3/c1-5-13(16(3)14(6-2)15(17)18)11-7-9-12(19-4)10-8-11/h7-10,13-14H,5-6H2,1-4H3,(H,17,18). The fraction of sp³-hybridized carbons (Fsp3) is 0.533. The van der Waals surface area contributed by atoms with Gasteiger partial charge in [0.05, 0.1) is 7.11 Å². The van der Waals surface area contributed by atoms with Gasteiger partial charge >= 0.3 is 5.97 Å². The zero-order valence-electron chi connectivity index (χ0n) is 12.1. The highest BCUT2D eigenvalue weighted by Crippen LogP contribution is 2.27. The van der Waals surface area contributed by atoms with Crippen LogP contribution < -0.4 is 4.74 Å². The Morgan fingerprint density at radius 2 is 1.84 bits per heavy atom. The number of hydrogen-bond donors (Lipinski definition) is 1. The molecule has 0 spiro atoms. The van der Waals surface area contributed by atoms with E-state index in [1.807, 2.05) is 43.1 Å². The summed E-state index contributed by atoms with van der Waals surface area (Å²) in [6, 6.07) is 7.47. The molecule has 0 saturated heterocycles. The lowest BCUT2D eigenvalue weighted by Crippen LogP contribution is -2.40. The molecule has 4 heteroatoms. The lowest BCUT2D eigenvalue weighted by Gasteiger charge is -2.32. The van der Waals surface area contributed by atoms with E-state index in [1.165, 1.54) is 0 Å². The van der Waals surface area contributed by atoms with Crippen LogP contribution in [0.3, 0.4) is 0 Å². The van der Waals surface area contributed by atoms with E-state index in [1.54, 1.807) is 7.11 Å². The summed E-state index contributed by atoms with van der Waals surface area (Å²) in [6.45, 7) is 3.97. The summed E-state index contributed by atoms with van der Waals surface area (Å²) in [4.78, 5) is 13.2. The van der Waals surface area contributed by atoms with E-state index in [4.69, 9.17) is 4.74 Å². The van der Waals surface area contributed by atoms with Gasteiger partial charge in [0.15, 0.2) is 0 Å². The second-order valence-electron chi connectivity index (χ2n) is 4.62. The minimum absolute atomic E-state index is 0.104. The summed E-state index contributed by atoms with van der Waals surface area (Å²) in [6.07, 6.45) is 1.46. The Balaban J connectivity index is 2.94. The highest BCUT2D eigenvalue weighted by molar-refractivity contribution is 5.73. The number of carboxylic acid groups (broad SMARTS) is 1. The first-order valence-electron chi connectivity index (χ1n) is 6.63. The van der Waals surface area contributed by atoms with E-state index in [2.05, 4.69) is 6.92 Å². The fourth-order valence-electron chi connectivity index (χ4n) is 2.44. The van der Waals surface area contributed by atoms with Gasteiger partial charge in [0.2, 0.25) is 0 Å². The second kappa shape index (κ2) is 7.14. The van der Waals surface area contributed by atoms with Gasteiger partial charge < -0.3 is 9.84 Å². The predicted molar refractivity (Wildman–Crippen MR) is 75.5 cm³/mol. The van der Waals surface area contributed by atoms with Crippen molar-refractivity contribution in [1.29, 1.82) is 0 Å². The summed E-state index contributed by atoms with van der Waals surface area (Å²) in [5.74, 6) is 0.0449. The van der Waals surface area contributed by atoms with E-state index in [9.17, 15) is 9.90 Å². The molecule has 1 aromatic rings. The molecule has 2 atom stereocenters. The molecule has 4 nitrogen and oxygen atoms in total. The molecule has 0 fully saturated rings. The molecule has 0 aliphatic rings. The van der Waals surface area contributed by atoms with Crippen molar-refractivity contribution in [2.75, 3.05) is 14.2 Å². The molecule has 0 saturated carbocycles. The minimum Gasteiger partial charge on any atom is -0.497 e. The van der Waals surface area contributed by atoms with Gasteiger partial charge in [0.25, 0.3) is 0 Å². The zero-order valence-corrected chi connectivity index (χ0v) is 12.1. The molecule has 1 N–H and O–H groups in total. The van der Waals surface area contributed by atoms with Gasteiger partial charge in [0, 0.05) is 6.04 Å². The Kier molecular flexibility index (Phi) is 5.83. The van der Waals surface area contributed by atoms with E-state index in [0.29, 0.717) is 6.42 Å². The smallest absolute Gasteiger partial charge is 0.320 e. The highest BCUT2D eigenvalue weighted by atomic mass is 16.5. The molecule has 1 aromatic carbocycles. The van der Waals surface area contributed by atoms with Crippen LogP contribution >= 0.6 is 0 Å². The molecule has 19 heavy (non-hydrogen) atoms. The maximum Gasteiger partial charge on any atom is 0.320 e. The molecule has 106 valence electrons. The van der Waals surface area contributed by atoms with Crippen LogP contribution in [0.5, 0.6) is 5.75 Å². The Labute approximate surface area is 115 Å². The van der Waals surface area contributed by atoms with Crippen molar-refractivity contribution in [3.63, 3.8) is 0 Å². The highest BCUT2D eigenvalue weighted by Gasteiger charge is 2.26. The molecule has 0 aliphatic heterocycles. The SMILES string of the molecule is CCC(C(=O)O)N(C)C(CC)c1ccc(OC)cc1. The van der Waals surface area contributed by atoms with Gasteiger partial charge in [-0.3, -0.25) is 9.69 Å². The zero-order chi connectivity index (χ0) is 14.4. The van der Waals surface area contributed by atoms with Crippen LogP contribution in [0.25, 0.3) is 0 Å². The van der Waals surface area contributed by atoms with Crippen molar-refractivity contribution < 1.29 is 14.6 Å². The summed E-state index contributed by atoms with van der Waals surface area (Å²) in [7, 11) is 3.51. The molecular weight excluding hydrogens is 242 g/mol. The molecule has 0 aromatic heterocycles. The van der Waals surface area contributed by atoms with Gasteiger partial charge in [-0.15, -0.1) is 0 Å². The first-order valence-corrected chi connectivity index (χ1v) is 6.63. The number of likely N-dealkylation sites (N-methyl/N-ethyl adjacent to an activating group) is 1. The Morgan fingerprint density at radius 3 is 2.21 bits per heavy atom. The van der Waals surface area contributed by atoms with Crippen LogP contribution in [0.4, 0.5) is 0 Å². The third-order valence-electron chi connectivity index (χ3n) is 3.54. The number of hydrogen-bond acceptors (Lipinski definition) is 3. The van der Waals surface area contributed by atoms with Crippen LogP contribution in [0.1, 0.15) is 38.3 Å². The fourth-order valence-corrected chi connectivity index (χ4v) is 2.44. The number of methoxy groups -OCH3 is 1. The topological polar surface area (TPSA) is 49.8 Å². The van der Waals surface area contributed by atoms with E-state index in [-0.39, 0.29) is 6.04 Å². The number of ether oxygens (including phenoxy) is 1. The number of nitrogens with zero attached hydrogens (tertiary/aromatic N) is 1. The number of carbonyl (C=O) groups is 1. The van der Waals surface area contributed by atoms with Crippen LogP contribution in [-0.4, -0.2) is 36.2 Å². The Hall–Kier alpha value is -1.55. The van der Waals surface area contributed by atoms with E-state index < -0.39 is 12.0 Å². The van der Waals surface area contributed by atoms with Crippen molar-refractivity contribution in [2.24, 2.45) is 0 Å². The van der Waals surface area contributed by atoms with E-state index >= 15 is 0 Å². The molecule has 0 radical (unpaired) electrons. The molecule has 2 unspecified atom stereocenters. The summed E-state index contributed by atoms with van der Waals surface area (Å²) in [5.41, 5.74) is 1.12. The minimum atomic E-state index is -0.767. The normalized spacial score (nSPS) is 14.2. The van der Waals surface area contributed by atoms with Crippen molar-refractivity contribution in [2.45, 2.75) is 38.8 Å². The average molecular weight is 265 g/mol. The molecule has 0 amide bonds. The lowest BCUT2D eigenvalue weighted by atomic mass is 10.0. The quantitative estimate of drug-likeness (QED) is 0.823. The van der Waals surface area contributed by atoms with Crippen molar-refractivity contribution in [3.05, 3.63) is 29.8 Å². The first-order chi connectivity index (χ1) is 9.04. The van der Waals surface area contributed by atoms with Gasteiger partial charge in [-0.25, -0.2) is 0 Å². The van der Waals surface area contributed by atoms with Gasteiger partial charge in [-0.2, -0.15) is 0 Å². The molecule has 0 aliphatic carbocycles. The third kappa shape index (κ3) is 3.70. The molecule has 0 heterocycles. The largest absolute Gasteiger partial charge is 0.497 e. The monoisotopic (exact) mass is 265 g/mol. The Morgan fingerprint density at radius 1 is 1.26 bits per heavy atom. The number of benzene rings is 1. The molecule has 0 bridgehead atoms. The van der Waals surface area contributed by atoms with Crippen LogP contribution in [0.15, 0.2) is 24.3 Å². The van der Waals surface area contributed by atoms with Crippen LogP contribution in [-0.2, 0) is 4.79 Å². The van der Waals surface area contributed by atoms with E-state index in [0.717, 1.165) is 17.7 Å². The van der Waals surface area contributed by atoms with Gasteiger partial charge in [-0.05, 0) is 37.6 Å². The Bertz CT molecular complexity index is 402. The predicted octanol–water partition coefficient (Wildman–Crippen LogP) is 2.94. The molecular formula is C15H23NO3. The third-order valence-corrected chi connectivity index (χ3v) is 3.54. The number of carboxylic acids is 1. The summed E-state index contributed by atoms with van der Waals surface area (Å²) < 4.78 is 5.14. The number of rotatable bonds is 7. The second-order valence-corrected chi connectivity index (χ2v) is 4.62. The number of aliphatic carboxylic acids is 1. The first kappa shape index (κ1) is 15.5. The van der Waals surface area contributed by atoms with Crippen LogP contribution in [0, 0.1) is 0 Å².